The summed E-state index contributed by atoms with van der Waals surface area (Å²) in [5.41, 5.74) is 4.98. The number of nitrogens with one attached hydrogen (secondary N) is 2. The first kappa shape index (κ1) is 10.2. The highest BCUT2D eigenvalue weighted by Gasteiger charge is 2.30. The number of rotatable bonds is 2. The predicted molar refractivity (Wildman–Crippen MR) is 55.5 cm³/mol. The van der Waals surface area contributed by atoms with Crippen LogP contribution in [0.4, 0.5) is 0 Å². The van der Waals surface area contributed by atoms with Gasteiger partial charge in [-0.1, -0.05) is 12.2 Å². The first-order valence-electron chi connectivity index (χ1n) is 5.52. The van der Waals surface area contributed by atoms with Crippen molar-refractivity contribution >= 4 is 11.8 Å². The quantitative estimate of drug-likeness (QED) is 0.523. The van der Waals surface area contributed by atoms with Gasteiger partial charge in [0.1, 0.15) is 0 Å². The molecule has 0 bridgehead atoms. The topological polar surface area (TPSA) is 58.2 Å². The zero-order chi connectivity index (χ0) is 10.7. The van der Waals surface area contributed by atoms with E-state index in [0.717, 1.165) is 32.1 Å². The Morgan fingerprint density at radius 1 is 0.933 bits per heavy atom. The van der Waals surface area contributed by atoms with Crippen LogP contribution in [-0.4, -0.2) is 11.8 Å². The second kappa shape index (κ2) is 4.47. The highest BCUT2D eigenvalue weighted by molar-refractivity contribution is 5.85. The molecule has 0 radical (unpaired) electrons. The normalized spacial score (nSPS) is 24.7. The van der Waals surface area contributed by atoms with Crippen LogP contribution >= 0.6 is 0 Å². The largest absolute Gasteiger partial charge is 0.273 e. The summed E-state index contributed by atoms with van der Waals surface area (Å²) in [6.45, 7) is 0. The second-order valence-electron chi connectivity index (χ2n) is 4.23. The molecule has 0 heterocycles. The Bertz CT molecular complexity index is 295. The number of allylic oxidation sites excluding steroid dienone is 2. The Morgan fingerprint density at radius 2 is 1.60 bits per heavy atom. The monoisotopic (exact) mass is 208 g/mol. The summed E-state index contributed by atoms with van der Waals surface area (Å²) < 4.78 is 0. The van der Waals surface area contributed by atoms with E-state index in [2.05, 4.69) is 16.9 Å². The average molecular weight is 208 g/mol. The van der Waals surface area contributed by atoms with Crippen molar-refractivity contribution in [3.05, 3.63) is 12.2 Å². The SMILES string of the molecule is O=C(NNC(=O)[C@@H]1CC=CCC1)C1CC1. The van der Waals surface area contributed by atoms with E-state index in [4.69, 9.17) is 0 Å². The van der Waals surface area contributed by atoms with Gasteiger partial charge in [-0.3, -0.25) is 20.4 Å². The van der Waals surface area contributed by atoms with Crippen molar-refractivity contribution in [3.63, 3.8) is 0 Å². The lowest BCUT2D eigenvalue weighted by Crippen LogP contribution is -2.45. The first-order chi connectivity index (χ1) is 7.27. The van der Waals surface area contributed by atoms with Crippen LogP contribution < -0.4 is 10.9 Å². The molecule has 1 fully saturated rings. The van der Waals surface area contributed by atoms with Gasteiger partial charge in [0.15, 0.2) is 0 Å². The van der Waals surface area contributed by atoms with E-state index in [0.29, 0.717) is 0 Å². The van der Waals surface area contributed by atoms with Gasteiger partial charge in [-0.05, 0) is 32.1 Å². The van der Waals surface area contributed by atoms with Crippen LogP contribution in [0.3, 0.4) is 0 Å². The maximum Gasteiger partial charge on any atom is 0.241 e. The van der Waals surface area contributed by atoms with Gasteiger partial charge in [0.25, 0.3) is 0 Å². The smallest absolute Gasteiger partial charge is 0.241 e. The van der Waals surface area contributed by atoms with Crippen LogP contribution in [0.1, 0.15) is 32.1 Å². The van der Waals surface area contributed by atoms with E-state index < -0.39 is 0 Å². The van der Waals surface area contributed by atoms with Crippen molar-refractivity contribution in [2.75, 3.05) is 0 Å². The number of hydrazine groups is 1. The van der Waals surface area contributed by atoms with Gasteiger partial charge in [-0.15, -0.1) is 0 Å². The van der Waals surface area contributed by atoms with Crippen LogP contribution in [0.25, 0.3) is 0 Å². The molecule has 0 saturated heterocycles. The summed E-state index contributed by atoms with van der Waals surface area (Å²) in [7, 11) is 0. The van der Waals surface area contributed by atoms with Gasteiger partial charge in [-0.2, -0.15) is 0 Å². The molecular weight excluding hydrogens is 192 g/mol. The fourth-order valence-corrected chi connectivity index (χ4v) is 1.70. The van der Waals surface area contributed by atoms with E-state index in [1.807, 2.05) is 6.08 Å². The Hall–Kier alpha value is -1.32. The molecule has 2 aliphatic carbocycles. The van der Waals surface area contributed by atoms with Crippen molar-refractivity contribution < 1.29 is 9.59 Å². The Labute approximate surface area is 89.1 Å². The van der Waals surface area contributed by atoms with Crippen molar-refractivity contribution in [2.24, 2.45) is 11.8 Å². The molecule has 0 spiro atoms. The zero-order valence-electron chi connectivity index (χ0n) is 8.66. The molecule has 2 amide bonds. The molecule has 0 aliphatic heterocycles. The molecule has 0 aromatic carbocycles. The van der Waals surface area contributed by atoms with E-state index in [-0.39, 0.29) is 23.7 Å². The van der Waals surface area contributed by atoms with E-state index in [1.54, 1.807) is 0 Å². The highest BCUT2D eigenvalue weighted by Crippen LogP contribution is 2.28. The lowest BCUT2D eigenvalue weighted by Gasteiger charge is -2.17. The molecular formula is C11H16N2O2. The second-order valence-corrected chi connectivity index (χ2v) is 4.23. The Balaban J connectivity index is 1.71. The maximum absolute atomic E-state index is 11.6. The van der Waals surface area contributed by atoms with Gasteiger partial charge < -0.3 is 0 Å². The van der Waals surface area contributed by atoms with Crippen molar-refractivity contribution in [2.45, 2.75) is 32.1 Å². The summed E-state index contributed by atoms with van der Waals surface area (Å²) in [6.07, 6.45) is 8.63. The number of carbonyl (C=O) groups is 2. The summed E-state index contributed by atoms with van der Waals surface area (Å²) >= 11 is 0. The molecule has 15 heavy (non-hydrogen) atoms. The molecule has 0 unspecified atom stereocenters. The number of hydrogen-bond donors (Lipinski definition) is 2. The number of carbonyl (C=O) groups excluding carboxylic acids is 2. The summed E-state index contributed by atoms with van der Waals surface area (Å²) in [5, 5.41) is 0. The molecule has 2 N–H and O–H groups in total. The molecule has 2 aliphatic rings. The van der Waals surface area contributed by atoms with Crippen molar-refractivity contribution in [3.8, 4) is 0 Å². The van der Waals surface area contributed by atoms with Crippen LogP contribution in [0.5, 0.6) is 0 Å². The van der Waals surface area contributed by atoms with Crippen LogP contribution in [-0.2, 0) is 9.59 Å². The predicted octanol–water partition coefficient (Wildman–Crippen LogP) is 0.900. The fraction of sp³-hybridized carbons (Fsp3) is 0.636. The lowest BCUT2D eigenvalue weighted by molar-refractivity contribution is -0.131. The Morgan fingerprint density at radius 3 is 2.13 bits per heavy atom. The van der Waals surface area contributed by atoms with E-state index >= 15 is 0 Å². The molecule has 4 nitrogen and oxygen atoms in total. The number of hydrogen-bond acceptors (Lipinski definition) is 2. The Kier molecular flexibility index (Phi) is 3.04. The third kappa shape index (κ3) is 2.81. The third-order valence-electron chi connectivity index (χ3n) is 2.90. The summed E-state index contributed by atoms with van der Waals surface area (Å²) in [4.78, 5) is 22.8. The summed E-state index contributed by atoms with van der Waals surface area (Å²) in [6, 6.07) is 0. The minimum absolute atomic E-state index is 0.0227. The summed E-state index contributed by atoms with van der Waals surface area (Å²) in [5.74, 6) is 0.0501. The minimum Gasteiger partial charge on any atom is -0.273 e. The van der Waals surface area contributed by atoms with Crippen molar-refractivity contribution in [1.29, 1.82) is 0 Å². The molecule has 0 aromatic heterocycles. The average Bonchev–Trinajstić information content (AvgIpc) is 3.10. The third-order valence-corrected chi connectivity index (χ3v) is 2.90. The molecule has 82 valence electrons. The number of amides is 2. The van der Waals surface area contributed by atoms with E-state index in [9.17, 15) is 9.59 Å². The zero-order valence-corrected chi connectivity index (χ0v) is 8.66. The van der Waals surface area contributed by atoms with E-state index in [1.165, 1.54) is 0 Å². The first-order valence-corrected chi connectivity index (χ1v) is 5.52. The van der Waals surface area contributed by atoms with Gasteiger partial charge in [-0.25, -0.2) is 0 Å². The highest BCUT2D eigenvalue weighted by atomic mass is 16.2. The molecule has 1 atom stereocenters. The standard InChI is InChI=1S/C11H16N2O2/c14-10(8-4-2-1-3-5-8)12-13-11(15)9-6-7-9/h1-2,8-9H,3-7H2,(H,12,14)(H,13,15)/t8-/m1/s1. The van der Waals surface area contributed by atoms with Crippen LogP contribution in [0.2, 0.25) is 0 Å². The molecule has 4 heteroatoms. The maximum atomic E-state index is 11.6. The van der Waals surface area contributed by atoms with Crippen LogP contribution in [0.15, 0.2) is 12.2 Å². The fourth-order valence-electron chi connectivity index (χ4n) is 1.70. The van der Waals surface area contributed by atoms with Gasteiger partial charge in [0.2, 0.25) is 11.8 Å². The lowest BCUT2D eigenvalue weighted by atomic mass is 9.94. The molecule has 1 saturated carbocycles. The molecule has 2 rings (SSSR count). The van der Waals surface area contributed by atoms with Gasteiger partial charge >= 0.3 is 0 Å². The van der Waals surface area contributed by atoms with Crippen molar-refractivity contribution in [1.82, 2.24) is 10.9 Å². The van der Waals surface area contributed by atoms with Gasteiger partial charge in [0.05, 0.1) is 0 Å². The van der Waals surface area contributed by atoms with Crippen LogP contribution in [0, 0.1) is 11.8 Å². The minimum atomic E-state index is -0.0617. The molecule has 0 aromatic rings. The van der Waals surface area contributed by atoms with Gasteiger partial charge in [0, 0.05) is 11.8 Å².